The van der Waals surface area contributed by atoms with Gasteiger partial charge in [0.25, 0.3) is 5.91 Å². The average Bonchev–Trinajstić information content (AvgIpc) is 2.89. The molecule has 38 heavy (non-hydrogen) atoms. The Balaban J connectivity index is 1.66. The van der Waals surface area contributed by atoms with Gasteiger partial charge in [0.15, 0.2) is 0 Å². The van der Waals surface area contributed by atoms with Crippen molar-refractivity contribution in [1.29, 1.82) is 0 Å². The van der Waals surface area contributed by atoms with E-state index in [0.29, 0.717) is 48.9 Å². The third-order valence-corrected chi connectivity index (χ3v) is 6.71. The van der Waals surface area contributed by atoms with Gasteiger partial charge in [0.1, 0.15) is 17.2 Å². The highest BCUT2D eigenvalue weighted by molar-refractivity contribution is 5.97. The van der Waals surface area contributed by atoms with E-state index >= 15 is 0 Å². The molecular weight excluding hydrogens is 486 g/mol. The molecule has 4 rings (SSSR count). The van der Waals surface area contributed by atoms with Gasteiger partial charge >= 0.3 is 0 Å². The number of carbonyl (C=O) groups excluding carboxylic acids is 2. The lowest BCUT2D eigenvalue weighted by Crippen LogP contribution is -2.57. The molecule has 206 valence electrons. The molecule has 9 heteroatoms. The Morgan fingerprint density at radius 3 is 2.76 bits per heavy atom. The average molecular weight is 526 g/mol. The number of likely N-dealkylation sites (N-methyl/N-ethyl adjacent to an activating group) is 1. The lowest BCUT2D eigenvalue weighted by atomic mass is 10.0. The number of likely N-dealkylation sites (tertiary alicyclic amines) is 1. The summed E-state index contributed by atoms with van der Waals surface area (Å²) in [4.78, 5) is 30.5. The maximum Gasteiger partial charge on any atom is 0.254 e. The molecule has 0 spiro atoms. The molecule has 1 fully saturated rings. The summed E-state index contributed by atoms with van der Waals surface area (Å²) in [6.45, 7) is 8.71. The zero-order chi connectivity index (χ0) is 27.1. The van der Waals surface area contributed by atoms with Crippen molar-refractivity contribution in [2.24, 2.45) is 0 Å². The van der Waals surface area contributed by atoms with E-state index in [2.05, 4.69) is 10.2 Å². The molecule has 2 atom stereocenters. The van der Waals surface area contributed by atoms with Crippen LogP contribution in [0.3, 0.4) is 0 Å². The first kappa shape index (κ1) is 27.9. The molecule has 2 amide bonds. The number of nitrogens with one attached hydrogen (secondary N) is 1. The van der Waals surface area contributed by atoms with Crippen LogP contribution in [0.2, 0.25) is 0 Å². The number of benzene rings is 2. The largest absolute Gasteiger partial charge is 0.491 e. The Morgan fingerprint density at radius 2 is 2.00 bits per heavy atom. The number of rotatable bonds is 6. The summed E-state index contributed by atoms with van der Waals surface area (Å²) < 4.78 is 18.4. The molecule has 0 radical (unpaired) electrons. The molecule has 2 aliphatic rings. The second-order valence-electron chi connectivity index (χ2n) is 10.1. The fourth-order valence-electron chi connectivity index (χ4n) is 4.90. The van der Waals surface area contributed by atoms with Crippen molar-refractivity contribution in [2.45, 2.75) is 58.5 Å². The Morgan fingerprint density at radius 1 is 1.16 bits per heavy atom. The summed E-state index contributed by atoms with van der Waals surface area (Å²) in [6.07, 6.45) is 1.18. The smallest absolute Gasteiger partial charge is 0.254 e. The predicted molar refractivity (Wildman–Crippen MR) is 144 cm³/mol. The van der Waals surface area contributed by atoms with E-state index in [0.717, 1.165) is 25.1 Å². The van der Waals surface area contributed by atoms with E-state index < -0.39 is 0 Å². The van der Waals surface area contributed by atoms with E-state index in [1.807, 2.05) is 45.0 Å². The normalized spacial score (nSPS) is 21.0. The SMILES string of the molecule is CCN1CC(=O)N[C@H]2CN(CCCO)CC[C@@H]2OCc2cccc(c2)Oc2cc(OC(C)C)cc(c2)C1=O. The molecule has 0 saturated carbocycles. The molecule has 1 saturated heterocycles. The molecule has 4 bridgehead atoms. The Labute approximate surface area is 224 Å². The summed E-state index contributed by atoms with van der Waals surface area (Å²) in [5.74, 6) is 1.13. The monoisotopic (exact) mass is 525 g/mol. The molecular formula is C29H39N3O6. The van der Waals surface area contributed by atoms with Crippen molar-refractivity contribution in [1.82, 2.24) is 15.1 Å². The number of ether oxygens (including phenoxy) is 3. The number of hydrogen-bond acceptors (Lipinski definition) is 7. The van der Waals surface area contributed by atoms with Gasteiger partial charge in [-0.1, -0.05) is 12.1 Å². The molecule has 2 N–H and O–H groups in total. The van der Waals surface area contributed by atoms with Crippen LogP contribution in [0.1, 0.15) is 49.5 Å². The van der Waals surface area contributed by atoms with Crippen LogP contribution in [0.15, 0.2) is 42.5 Å². The van der Waals surface area contributed by atoms with Gasteiger partial charge in [0, 0.05) is 44.4 Å². The number of piperidine rings is 1. The van der Waals surface area contributed by atoms with Crippen molar-refractivity contribution in [3.8, 4) is 17.2 Å². The van der Waals surface area contributed by atoms with Crippen LogP contribution in [0.5, 0.6) is 17.2 Å². The van der Waals surface area contributed by atoms with Gasteiger partial charge in [0.05, 0.1) is 31.4 Å². The molecule has 9 nitrogen and oxygen atoms in total. The number of fused-ring (bicyclic) bond motifs is 5. The van der Waals surface area contributed by atoms with Gasteiger partial charge in [-0.3, -0.25) is 9.59 Å². The van der Waals surface area contributed by atoms with Crippen molar-refractivity contribution in [3.05, 3.63) is 53.6 Å². The topological polar surface area (TPSA) is 101 Å². The van der Waals surface area contributed by atoms with Gasteiger partial charge in [-0.05, 0) is 63.4 Å². The molecule has 0 aromatic heterocycles. The number of aliphatic hydroxyl groups is 1. The van der Waals surface area contributed by atoms with Crippen LogP contribution in [0.4, 0.5) is 0 Å². The number of carbonyl (C=O) groups is 2. The highest BCUT2D eigenvalue weighted by Crippen LogP contribution is 2.30. The minimum Gasteiger partial charge on any atom is -0.491 e. The summed E-state index contributed by atoms with van der Waals surface area (Å²) in [5.41, 5.74) is 1.34. The zero-order valence-electron chi connectivity index (χ0n) is 22.5. The number of hydrogen-bond donors (Lipinski definition) is 2. The summed E-state index contributed by atoms with van der Waals surface area (Å²) >= 11 is 0. The van der Waals surface area contributed by atoms with Crippen molar-refractivity contribution >= 4 is 11.8 Å². The Hall–Kier alpha value is -3.14. The summed E-state index contributed by atoms with van der Waals surface area (Å²) in [7, 11) is 0. The van der Waals surface area contributed by atoms with E-state index in [1.54, 1.807) is 18.2 Å². The molecule has 2 aromatic rings. The van der Waals surface area contributed by atoms with Crippen LogP contribution >= 0.6 is 0 Å². The quantitative estimate of drug-likeness (QED) is 0.597. The first-order valence-corrected chi connectivity index (χ1v) is 13.5. The lowest BCUT2D eigenvalue weighted by molar-refractivity contribution is -0.125. The summed E-state index contributed by atoms with van der Waals surface area (Å²) in [5, 5.41) is 12.4. The predicted octanol–water partition coefficient (Wildman–Crippen LogP) is 3.20. The van der Waals surface area contributed by atoms with Crippen LogP contribution in [-0.2, 0) is 16.1 Å². The number of aliphatic hydroxyl groups excluding tert-OH is 1. The number of amides is 2. The maximum atomic E-state index is 13.5. The first-order valence-electron chi connectivity index (χ1n) is 13.5. The van der Waals surface area contributed by atoms with Crippen LogP contribution < -0.4 is 14.8 Å². The molecule has 0 unspecified atom stereocenters. The van der Waals surface area contributed by atoms with Gasteiger partial charge in [-0.25, -0.2) is 0 Å². The minimum atomic E-state index is -0.274. The first-order chi connectivity index (χ1) is 18.3. The van der Waals surface area contributed by atoms with Crippen molar-refractivity contribution in [3.63, 3.8) is 0 Å². The van der Waals surface area contributed by atoms with Crippen molar-refractivity contribution < 1.29 is 28.9 Å². The fraction of sp³-hybridized carbons (Fsp3) is 0.517. The molecule has 2 aliphatic heterocycles. The lowest BCUT2D eigenvalue weighted by Gasteiger charge is -2.39. The third-order valence-electron chi connectivity index (χ3n) is 6.71. The van der Waals surface area contributed by atoms with Crippen molar-refractivity contribution in [2.75, 3.05) is 39.3 Å². The zero-order valence-corrected chi connectivity index (χ0v) is 22.5. The van der Waals surface area contributed by atoms with E-state index in [9.17, 15) is 14.7 Å². The van der Waals surface area contributed by atoms with Crippen LogP contribution in [0, 0.1) is 0 Å². The highest BCUT2D eigenvalue weighted by atomic mass is 16.5. The maximum absolute atomic E-state index is 13.5. The second kappa shape index (κ2) is 13.1. The third kappa shape index (κ3) is 7.46. The standard InChI is InChI=1S/C29H39N3O6/c1-4-32-18-28(34)30-26-17-31(10-6-12-33)11-9-27(26)36-19-21-7-5-8-23(13-21)38-25-15-22(29(32)35)14-24(16-25)37-20(2)3/h5,7-8,13-16,20,26-27,33H,4,6,9-12,17-19H2,1-3H3,(H,30,34)/t26-,27-/m0/s1. The van der Waals surface area contributed by atoms with Gasteiger partial charge in [-0.15, -0.1) is 0 Å². The Bertz CT molecular complexity index is 1110. The van der Waals surface area contributed by atoms with Gasteiger partial charge in [-0.2, -0.15) is 0 Å². The van der Waals surface area contributed by atoms with Crippen LogP contribution in [0.25, 0.3) is 0 Å². The Kier molecular flexibility index (Phi) is 9.60. The highest BCUT2D eigenvalue weighted by Gasteiger charge is 2.32. The molecule has 2 heterocycles. The van der Waals surface area contributed by atoms with Gasteiger partial charge in [0.2, 0.25) is 5.91 Å². The molecule has 0 aliphatic carbocycles. The fourth-order valence-corrected chi connectivity index (χ4v) is 4.90. The minimum absolute atomic E-state index is 0.0697. The molecule has 2 aromatic carbocycles. The summed E-state index contributed by atoms with van der Waals surface area (Å²) in [6, 6.07) is 12.6. The van der Waals surface area contributed by atoms with E-state index in [1.165, 1.54) is 4.90 Å². The van der Waals surface area contributed by atoms with E-state index in [4.69, 9.17) is 14.2 Å². The van der Waals surface area contributed by atoms with E-state index in [-0.39, 0.29) is 43.2 Å². The van der Waals surface area contributed by atoms with Gasteiger partial charge < -0.3 is 34.4 Å². The second-order valence-corrected chi connectivity index (χ2v) is 10.1. The number of nitrogens with zero attached hydrogens (tertiary/aromatic N) is 2. The van der Waals surface area contributed by atoms with Crippen LogP contribution in [-0.4, -0.2) is 84.3 Å².